The van der Waals surface area contributed by atoms with Crippen LogP contribution in [0.25, 0.3) is 0 Å². The zero-order valence-electron chi connectivity index (χ0n) is 5.32. The molecule has 0 saturated carbocycles. The minimum Gasteiger partial charge on any atom is -0.289 e. The first-order chi connectivity index (χ1) is 5.20. The average molecular weight is 237 g/mol. The van der Waals surface area contributed by atoms with E-state index in [1.54, 1.807) is 12.3 Å². The van der Waals surface area contributed by atoms with Gasteiger partial charge in [0.15, 0.2) is 0 Å². The maximum Gasteiger partial charge on any atom is 0.259 e. The second-order valence-electron chi connectivity index (χ2n) is 1.71. The van der Waals surface area contributed by atoms with Gasteiger partial charge in [-0.3, -0.25) is 14.3 Å². The number of pyridine rings is 1. The van der Waals surface area contributed by atoms with Gasteiger partial charge in [0.25, 0.3) is 11.3 Å². The van der Waals surface area contributed by atoms with Gasteiger partial charge in [0.2, 0.25) is 0 Å². The average Bonchev–Trinajstić information content (AvgIpc) is 1.93. The van der Waals surface area contributed by atoms with Crippen molar-refractivity contribution in [2.45, 2.75) is 0 Å². The van der Waals surface area contributed by atoms with E-state index in [9.17, 15) is 4.21 Å². The Kier molecular flexibility index (Phi) is 2.98. The van der Waals surface area contributed by atoms with Gasteiger partial charge in [-0.05, 0) is 22.0 Å². The van der Waals surface area contributed by atoms with Gasteiger partial charge < -0.3 is 0 Å². The molecule has 1 aromatic heterocycles. The van der Waals surface area contributed by atoms with Gasteiger partial charge in [-0.15, -0.1) is 0 Å². The van der Waals surface area contributed by atoms with Crippen LogP contribution < -0.4 is 4.72 Å². The Bertz CT molecular complexity index is 281. The summed E-state index contributed by atoms with van der Waals surface area (Å²) in [5, 5.41) is 0. The number of rotatable bonds is 2. The molecule has 0 radical (unpaired) electrons. The van der Waals surface area contributed by atoms with Crippen molar-refractivity contribution in [1.82, 2.24) is 4.98 Å². The predicted molar refractivity (Wildman–Crippen MR) is 46.3 cm³/mol. The fourth-order valence-electron chi connectivity index (χ4n) is 0.547. The smallest absolute Gasteiger partial charge is 0.259 e. The molecule has 11 heavy (non-hydrogen) atoms. The number of aromatic nitrogens is 1. The Balaban J connectivity index is 2.86. The quantitative estimate of drug-likeness (QED) is 0.764. The number of nitrogens with zero attached hydrogens (tertiary/aromatic N) is 1. The third kappa shape index (κ3) is 2.57. The standard InChI is InChI=1S/C5H5BrN2O2S/c6-4-1-2-7-3-5(4)8-11(9)10/h1-3,8H,(H,9,10). The highest BCUT2D eigenvalue weighted by Crippen LogP contribution is 2.19. The zero-order chi connectivity index (χ0) is 8.27. The molecule has 0 aliphatic carbocycles. The van der Waals surface area contributed by atoms with Crippen molar-refractivity contribution in [3.63, 3.8) is 0 Å². The van der Waals surface area contributed by atoms with Crippen LogP contribution in [0.3, 0.4) is 0 Å². The summed E-state index contributed by atoms with van der Waals surface area (Å²) >= 11 is 1.13. The topological polar surface area (TPSA) is 62.2 Å². The Labute approximate surface area is 74.6 Å². The summed E-state index contributed by atoms with van der Waals surface area (Å²) < 4.78 is 21.7. The molecule has 0 saturated heterocycles. The number of halogens is 1. The van der Waals surface area contributed by atoms with E-state index in [1.165, 1.54) is 6.20 Å². The molecule has 1 unspecified atom stereocenters. The van der Waals surface area contributed by atoms with Gasteiger partial charge >= 0.3 is 0 Å². The molecule has 0 aliphatic heterocycles. The van der Waals surface area contributed by atoms with E-state index < -0.39 is 11.3 Å². The van der Waals surface area contributed by atoms with Gasteiger partial charge in [0, 0.05) is 10.7 Å². The lowest BCUT2D eigenvalue weighted by Gasteiger charge is -2.01. The predicted octanol–water partition coefficient (Wildman–Crippen LogP) is 1.39. The van der Waals surface area contributed by atoms with E-state index in [1.807, 2.05) is 0 Å². The maximum atomic E-state index is 10.3. The number of nitrogens with one attached hydrogen (secondary N) is 1. The van der Waals surface area contributed by atoms with Crippen molar-refractivity contribution in [3.8, 4) is 0 Å². The van der Waals surface area contributed by atoms with E-state index in [-0.39, 0.29) is 0 Å². The Morgan fingerprint density at radius 2 is 2.45 bits per heavy atom. The minimum absolute atomic E-state index is 0.494. The molecule has 0 amide bonds. The van der Waals surface area contributed by atoms with Crippen LogP contribution in [0.4, 0.5) is 5.69 Å². The second kappa shape index (κ2) is 3.80. The van der Waals surface area contributed by atoms with E-state index in [0.717, 1.165) is 0 Å². The molecule has 0 fully saturated rings. The molecule has 60 valence electrons. The van der Waals surface area contributed by atoms with Crippen molar-refractivity contribution in [3.05, 3.63) is 22.9 Å². The Morgan fingerprint density at radius 1 is 1.73 bits per heavy atom. The molecule has 0 spiro atoms. The van der Waals surface area contributed by atoms with Crippen LogP contribution in [0.5, 0.6) is 0 Å². The molecular formula is C5H5BrN2O2S. The number of hydrogen-bond acceptors (Lipinski definition) is 2. The van der Waals surface area contributed by atoms with E-state index in [4.69, 9.17) is 4.55 Å². The lowest BCUT2D eigenvalue weighted by Crippen LogP contribution is -2.02. The third-order valence-corrected chi connectivity index (χ3v) is 2.05. The van der Waals surface area contributed by atoms with Crippen LogP contribution in [0.15, 0.2) is 22.9 Å². The minimum atomic E-state index is -2.05. The summed E-state index contributed by atoms with van der Waals surface area (Å²) in [6.45, 7) is 0. The summed E-state index contributed by atoms with van der Waals surface area (Å²) in [6, 6.07) is 1.68. The lowest BCUT2D eigenvalue weighted by atomic mass is 10.4. The summed E-state index contributed by atoms with van der Waals surface area (Å²) in [5.41, 5.74) is 0.494. The Morgan fingerprint density at radius 3 is 3.00 bits per heavy atom. The zero-order valence-corrected chi connectivity index (χ0v) is 7.72. The first kappa shape index (κ1) is 8.63. The molecule has 0 aromatic carbocycles. The Hall–Kier alpha value is -0.460. The summed E-state index contributed by atoms with van der Waals surface area (Å²) in [6.07, 6.45) is 3.04. The monoisotopic (exact) mass is 236 g/mol. The van der Waals surface area contributed by atoms with Gasteiger partial charge in [-0.2, -0.15) is 0 Å². The van der Waals surface area contributed by atoms with Gasteiger partial charge in [-0.1, -0.05) is 0 Å². The van der Waals surface area contributed by atoms with Gasteiger partial charge in [0.05, 0.1) is 11.9 Å². The second-order valence-corrected chi connectivity index (χ2v) is 3.26. The van der Waals surface area contributed by atoms with Crippen LogP contribution in [0.1, 0.15) is 0 Å². The first-order valence-electron chi connectivity index (χ1n) is 2.67. The molecule has 0 aliphatic rings. The lowest BCUT2D eigenvalue weighted by molar-refractivity contribution is 0.570. The molecule has 1 rings (SSSR count). The normalized spacial score (nSPS) is 12.5. The highest BCUT2D eigenvalue weighted by molar-refractivity contribution is 9.10. The largest absolute Gasteiger partial charge is 0.289 e. The molecule has 1 aromatic rings. The van der Waals surface area contributed by atoms with Crippen LogP contribution >= 0.6 is 15.9 Å². The van der Waals surface area contributed by atoms with Crippen molar-refractivity contribution in [1.29, 1.82) is 0 Å². The third-order valence-electron chi connectivity index (χ3n) is 0.965. The van der Waals surface area contributed by atoms with Crippen molar-refractivity contribution in [2.75, 3.05) is 4.72 Å². The van der Waals surface area contributed by atoms with Crippen molar-refractivity contribution in [2.24, 2.45) is 0 Å². The van der Waals surface area contributed by atoms with Crippen molar-refractivity contribution >= 4 is 32.9 Å². The molecule has 2 N–H and O–H groups in total. The number of hydrogen-bond donors (Lipinski definition) is 2. The molecule has 1 heterocycles. The molecule has 1 atom stereocenters. The van der Waals surface area contributed by atoms with Gasteiger partial charge in [-0.25, -0.2) is 4.21 Å². The van der Waals surface area contributed by atoms with Crippen molar-refractivity contribution < 1.29 is 8.76 Å². The van der Waals surface area contributed by atoms with Crippen LogP contribution in [0, 0.1) is 0 Å². The van der Waals surface area contributed by atoms with E-state index in [2.05, 4.69) is 25.6 Å². The first-order valence-corrected chi connectivity index (χ1v) is 4.57. The molecule has 6 heteroatoms. The van der Waals surface area contributed by atoms with E-state index in [0.29, 0.717) is 10.2 Å². The summed E-state index contributed by atoms with van der Waals surface area (Å²) in [7, 11) is 0. The SMILES string of the molecule is O=S(O)Nc1cnccc1Br. The number of anilines is 1. The van der Waals surface area contributed by atoms with Crippen LogP contribution in [-0.2, 0) is 11.3 Å². The summed E-state index contributed by atoms with van der Waals surface area (Å²) in [5.74, 6) is 0. The summed E-state index contributed by atoms with van der Waals surface area (Å²) in [4.78, 5) is 3.76. The molecular weight excluding hydrogens is 232 g/mol. The molecule has 4 nitrogen and oxygen atoms in total. The van der Waals surface area contributed by atoms with Crippen LogP contribution in [-0.4, -0.2) is 13.7 Å². The van der Waals surface area contributed by atoms with E-state index >= 15 is 0 Å². The fourth-order valence-corrected chi connectivity index (χ4v) is 1.35. The molecule has 0 bridgehead atoms. The van der Waals surface area contributed by atoms with Gasteiger partial charge in [0.1, 0.15) is 0 Å². The highest BCUT2D eigenvalue weighted by atomic mass is 79.9. The maximum absolute atomic E-state index is 10.3. The fraction of sp³-hybridized carbons (Fsp3) is 0. The highest BCUT2D eigenvalue weighted by Gasteiger charge is 1.99. The van der Waals surface area contributed by atoms with Crippen LogP contribution in [0.2, 0.25) is 0 Å².